The Morgan fingerprint density at radius 2 is 0.372 bits per heavy atom. The zero-order chi connectivity index (χ0) is 57.3. The summed E-state index contributed by atoms with van der Waals surface area (Å²) >= 11 is 0. The summed E-state index contributed by atoms with van der Waals surface area (Å²) in [6.45, 7) is -6.86. The summed E-state index contributed by atoms with van der Waals surface area (Å²) in [6.07, 6.45) is -67.4. The quantitative estimate of drug-likeness (QED) is 0.0571. The molecule has 7 rings (SSSR count). The van der Waals surface area contributed by atoms with Crippen LogP contribution in [-0.4, -0.2) is 379 Å². The molecule has 0 aromatic heterocycles. The van der Waals surface area contributed by atoms with Gasteiger partial charge in [-0.1, -0.05) is 0 Å². The maximum Gasteiger partial charge on any atom is 0.187 e. The molecule has 0 aliphatic carbocycles. The number of ether oxygens (including phenoxy) is 13. The summed E-state index contributed by atoms with van der Waals surface area (Å²) in [5.41, 5.74) is 0. The molecule has 0 amide bonds. The van der Waals surface area contributed by atoms with Crippen LogP contribution in [-0.2, 0) is 61.6 Å². The van der Waals surface area contributed by atoms with Gasteiger partial charge in [0.1, 0.15) is 171 Å². The van der Waals surface area contributed by atoms with Crippen LogP contribution in [0.4, 0.5) is 0 Å². The molecule has 0 aromatic carbocycles. The highest BCUT2D eigenvalue weighted by Gasteiger charge is 2.58. The molecule has 7 aliphatic rings. The molecule has 7 aliphatic heterocycles. The average Bonchev–Trinajstić information content (AvgIpc) is 3.44. The fourth-order valence-electron chi connectivity index (χ4n) is 10.0. The first-order valence-corrected chi connectivity index (χ1v) is 24.7. The van der Waals surface area contributed by atoms with Crippen molar-refractivity contribution in [3.05, 3.63) is 0 Å². The Kier molecular flexibility index (Phi) is 22.6. The van der Waals surface area contributed by atoms with Gasteiger partial charge in [0, 0.05) is 0 Å². The van der Waals surface area contributed by atoms with Crippen LogP contribution in [0.15, 0.2) is 0 Å². The van der Waals surface area contributed by atoms with E-state index in [0.717, 1.165) is 0 Å². The van der Waals surface area contributed by atoms with Crippen molar-refractivity contribution in [3.8, 4) is 0 Å². The minimum absolute atomic E-state index is 0.843. The molecule has 35 atom stereocenters. The van der Waals surface area contributed by atoms with Gasteiger partial charge in [0.05, 0.1) is 46.2 Å². The van der Waals surface area contributed by atoms with E-state index in [2.05, 4.69) is 0 Å². The van der Waals surface area contributed by atoms with E-state index in [1.54, 1.807) is 0 Å². The standard InChI is InChI=1S/C42H72O36/c43-1-8-15(50)16(51)24(59)37(67-8)74-31-10(3-45)69-39(26(61)18(31)53)76-33-12(5-47)71-41(28(63)20(33)55)78-35-14(7-49)72-42(29(64)22(35)57)77-34-13(6-48)70-40(27(62)21(34)56)75-32-11(4-46)68-38(25(60)19(32)54)73-30-9(2-44)66-36(65)23(58)17(30)52/h8-65H,1-7H2/t8-,9-,10-,11-,12-,13-,14-,15-,16+,17-,18-,19-,20-,21-,22-,23-,24-,25-,26-,27-,28-,29-,30-,31-,32-,33-,34-,35-,36+,37-,38-,39-,40-,41+,42-/m1/s1. The van der Waals surface area contributed by atoms with Crippen molar-refractivity contribution >= 4 is 0 Å². The minimum Gasteiger partial charge on any atom is -0.394 e. The maximum absolute atomic E-state index is 11.3. The van der Waals surface area contributed by atoms with Gasteiger partial charge in [-0.25, -0.2) is 0 Å². The van der Waals surface area contributed by atoms with Crippen LogP contribution in [0.1, 0.15) is 0 Å². The van der Waals surface area contributed by atoms with E-state index in [4.69, 9.17) is 61.6 Å². The van der Waals surface area contributed by atoms with Gasteiger partial charge in [0.25, 0.3) is 0 Å². The maximum atomic E-state index is 11.3. The van der Waals surface area contributed by atoms with Crippen molar-refractivity contribution < 1.29 is 179 Å². The van der Waals surface area contributed by atoms with E-state index in [1.807, 2.05) is 0 Å². The smallest absolute Gasteiger partial charge is 0.187 e. The molecule has 36 heteroatoms. The average molecular weight is 1150 g/mol. The highest BCUT2D eigenvalue weighted by atomic mass is 16.8. The summed E-state index contributed by atoms with van der Waals surface area (Å²) in [5.74, 6) is 0. The second-order valence-electron chi connectivity index (χ2n) is 19.6. The fraction of sp³-hybridized carbons (Fsp3) is 1.00. The first-order valence-electron chi connectivity index (χ1n) is 24.7. The van der Waals surface area contributed by atoms with Gasteiger partial charge in [0.15, 0.2) is 44.0 Å². The topological polar surface area (TPSA) is 585 Å². The molecule has 0 aromatic rings. The largest absolute Gasteiger partial charge is 0.394 e. The van der Waals surface area contributed by atoms with Crippen molar-refractivity contribution in [1.82, 2.24) is 0 Å². The van der Waals surface area contributed by atoms with Crippen LogP contribution < -0.4 is 0 Å². The third-order valence-electron chi connectivity index (χ3n) is 14.5. The molecule has 36 nitrogen and oxygen atoms in total. The van der Waals surface area contributed by atoms with Crippen LogP contribution in [0.3, 0.4) is 0 Å². The first kappa shape index (κ1) is 64.1. The lowest BCUT2D eigenvalue weighted by Gasteiger charge is -2.50. The number of hydrogen-bond donors (Lipinski definition) is 23. The molecular formula is C42H72O36. The lowest BCUT2D eigenvalue weighted by molar-refractivity contribution is -0.398. The van der Waals surface area contributed by atoms with E-state index >= 15 is 0 Å². The Bertz CT molecular complexity index is 1810. The van der Waals surface area contributed by atoms with E-state index in [1.165, 1.54) is 0 Å². The number of aliphatic hydroxyl groups is 23. The van der Waals surface area contributed by atoms with Gasteiger partial charge in [-0.05, 0) is 0 Å². The summed E-state index contributed by atoms with van der Waals surface area (Å²) < 4.78 is 71.9. The second kappa shape index (κ2) is 27.5. The lowest BCUT2D eigenvalue weighted by Crippen LogP contribution is -2.68. The fourth-order valence-corrected chi connectivity index (χ4v) is 10.0. The predicted molar refractivity (Wildman–Crippen MR) is 232 cm³/mol. The van der Waals surface area contributed by atoms with Crippen molar-refractivity contribution in [2.45, 2.75) is 215 Å². The van der Waals surface area contributed by atoms with Crippen LogP contribution in [0.25, 0.3) is 0 Å². The molecule has 0 unspecified atom stereocenters. The molecule has 78 heavy (non-hydrogen) atoms. The van der Waals surface area contributed by atoms with Gasteiger partial charge >= 0.3 is 0 Å². The van der Waals surface area contributed by atoms with Crippen LogP contribution in [0.2, 0.25) is 0 Å². The molecule has 0 radical (unpaired) electrons. The minimum atomic E-state index is -2.23. The highest BCUT2D eigenvalue weighted by molar-refractivity contribution is 5.01. The summed E-state index contributed by atoms with van der Waals surface area (Å²) in [7, 11) is 0. The monoisotopic (exact) mass is 1150 g/mol. The second-order valence-corrected chi connectivity index (χ2v) is 19.6. The summed E-state index contributed by atoms with van der Waals surface area (Å²) in [4.78, 5) is 0. The predicted octanol–water partition coefficient (Wildman–Crippen LogP) is -16.3. The highest BCUT2D eigenvalue weighted by Crippen LogP contribution is 2.37. The van der Waals surface area contributed by atoms with Gasteiger partial charge in [-0.2, -0.15) is 0 Å². The van der Waals surface area contributed by atoms with Crippen molar-refractivity contribution in [2.75, 3.05) is 46.2 Å². The van der Waals surface area contributed by atoms with Crippen LogP contribution in [0, 0.1) is 0 Å². The Morgan fingerprint density at radius 1 is 0.192 bits per heavy atom. The molecule has 456 valence electrons. The van der Waals surface area contributed by atoms with Gasteiger partial charge < -0.3 is 179 Å². The number of hydrogen-bond acceptors (Lipinski definition) is 36. The lowest BCUT2D eigenvalue weighted by atomic mass is 9.95. The number of aliphatic hydroxyl groups excluding tert-OH is 23. The van der Waals surface area contributed by atoms with E-state index in [0.29, 0.717) is 0 Å². The summed E-state index contributed by atoms with van der Waals surface area (Å²) in [6, 6.07) is 0. The van der Waals surface area contributed by atoms with Gasteiger partial charge in [-0.3, -0.25) is 0 Å². The zero-order valence-corrected chi connectivity index (χ0v) is 40.8. The van der Waals surface area contributed by atoms with Crippen LogP contribution in [0.5, 0.6) is 0 Å². The molecular weight excluding hydrogens is 1080 g/mol. The van der Waals surface area contributed by atoms with Crippen molar-refractivity contribution in [1.29, 1.82) is 0 Å². The molecule has 0 spiro atoms. The summed E-state index contributed by atoms with van der Waals surface area (Å²) in [5, 5.41) is 243. The van der Waals surface area contributed by atoms with E-state index in [9.17, 15) is 117 Å². The van der Waals surface area contributed by atoms with Gasteiger partial charge in [0.2, 0.25) is 0 Å². The molecule has 7 fully saturated rings. The Hall–Kier alpha value is -1.44. The Morgan fingerprint density at radius 3 is 0.590 bits per heavy atom. The first-order chi connectivity index (χ1) is 37.0. The molecule has 7 heterocycles. The van der Waals surface area contributed by atoms with Crippen LogP contribution >= 0.6 is 0 Å². The van der Waals surface area contributed by atoms with Crippen molar-refractivity contribution in [2.24, 2.45) is 0 Å². The molecule has 0 saturated carbocycles. The Balaban J connectivity index is 0.947. The Labute approximate surface area is 439 Å². The van der Waals surface area contributed by atoms with E-state index in [-0.39, 0.29) is 0 Å². The third kappa shape index (κ3) is 12.9. The van der Waals surface area contributed by atoms with Gasteiger partial charge in [-0.15, -0.1) is 0 Å². The van der Waals surface area contributed by atoms with E-state index < -0.39 is 261 Å². The SMILES string of the molecule is OC[C@H]1O[C@H](O[C@H]2[C@H](O)[C@@H](O)[C@@H](O[C@H]3[C@H](O)[C@@H](O)[C@H](O[C@H]4[C@H](O)[C@@H](O)[C@@H](O[C@H]5[C@H](O)[C@@H](O)[C@@H](O[C@H]6[C@H](O)[C@@H](O)[C@@H](O[C@H]7[C@H](O)[C@@H](O)[C@@H](O)O[C@@H]7CO)O[C@@H]6CO)O[C@@H]5CO)O[C@@H]4CO)O[C@@H]3CO)O[C@@H]2CO)[C@H](O)[C@@H](O)[C@@H]1O. The molecule has 7 saturated heterocycles. The molecule has 23 N–H and O–H groups in total. The molecule has 0 bridgehead atoms. The van der Waals surface area contributed by atoms with Crippen molar-refractivity contribution in [3.63, 3.8) is 0 Å². The zero-order valence-electron chi connectivity index (χ0n) is 40.8. The number of rotatable bonds is 19. The normalized spacial score (nSPS) is 53.5. The third-order valence-corrected chi connectivity index (χ3v) is 14.5.